The molecule has 0 spiro atoms. The highest BCUT2D eigenvalue weighted by Gasteiger charge is 2.17. The third kappa shape index (κ3) is 2.46. The lowest BCUT2D eigenvalue weighted by Crippen LogP contribution is -1.91. The molecule has 2 aromatic heterocycles. The molecule has 0 bridgehead atoms. The molecule has 0 fully saturated rings. The van der Waals surface area contributed by atoms with Crippen molar-refractivity contribution in [2.75, 3.05) is 0 Å². The normalized spacial score (nSPS) is 11.4. The number of rotatable bonds is 2. The number of nitrogens with zero attached hydrogens (tertiary/aromatic N) is 1. The van der Waals surface area contributed by atoms with E-state index in [-0.39, 0.29) is 0 Å². The monoisotopic (exact) mass is 370 g/mol. The molecule has 0 radical (unpaired) electrons. The molecule has 0 unspecified atom stereocenters. The zero-order chi connectivity index (χ0) is 19.2. The van der Waals surface area contributed by atoms with Gasteiger partial charge >= 0.3 is 0 Å². The van der Waals surface area contributed by atoms with Gasteiger partial charge in [0.05, 0.1) is 5.69 Å². The minimum atomic E-state index is 1.03. The fourth-order valence-electron chi connectivity index (χ4n) is 4.36. The van der Waals surface area contributed by atoms with Crippen LogP contribution in [0.5, 0.6) is 0 Å². The summed E-state index contributed by atoms with van der Waals surface area (Å²) >= 11 is 0. The lowest BCUT2D eigenvalue weighted by atomic mass is 9.90. The molecule has 2 heteroatoms. The molecule has 2 heterocycles. The van der Waals surface area contributed by atoms with Crippen LogP contribution in [0.3, 0.4) is 0 Å². The van der Waals surface area contributed by atoms with E-state index < -0.39 is 0 Å². The van der Waals surface area contributed by atoms with E-state index in [9.17, 15) is 0 Å². The largest absolute Gasteiger partial charge is 0.361 e. The van der Waals surface area contributed by atoms with Crippen LogP contribution in [0.2, 0.25) is 0 Å². The van der Waals surface area contributed by atoms with Crippen LogP contribution in [0.15, 0.2) is 103 Å². The average molecular weight is 370 g/mol. The van der Waals surface area contributed by atoms with E-state index in [4.69, 9.17) is 4.98 Å². The minimum absolute atomic E-state index is 1.03. The molecule has 0 aliphatic rings. The van der Waals surface area contributed by atoms with Gasteiger partial charge in [-0.3, -0.25) is 4.98 Å². The van der Waals surface area contributed by atoms with Crippen molar-refractivity contribution in [2.45, 2.75) is 0 Å². The highest BCUT2D eigenvalue weighted by Crippen LogP contribution is 2.41. The van der Waals surface area contributed by atoms with Gasteiger partial charge in [-0.15, -0.1) is 0 Å². The van der Waals surface area contributed by atoms with E-state index in [2.05, 4.69) is 102 Å². The summed E-state index contributed by atoms with van der Waals surface area (Å²) < 4.78 is 0. The van der Waals surface area contributed by atoms with Gasteiger partial charge in [-0.05, 0) is 33.9 Å². The Kier molecular flexibility index (Phi) is 3.50. The highest BCUT2D eigenvalue weighted by molar-refractivity contribution is 6.12. The summed E-state index contributed by atoms with van der Waals surface area (Å²) in [5, 5.41) is 6.05. The molecule has 1 N–H and O–H groups in total. The lowest BCUT2D eigenvalue weighted by Gasteiger charge is -2.15. The first-order chi connectivity index (χ1) is 14.4. The second-order valence-electron chi connectivity index (χ2n) is 7.34. The molecule has 0 saturated carbocycles. The number of hydrogen-bond acceptors (Lipinski definition) is 1. The highest BCUT2D eigenvalue weighted by atomic mass is 14.7. The van der Waals surface area contributed by atoms with E-state index in [1.807, 2.05) is 6.20 Å². The number of aromatic amines is 1. The molecule has 0 atom stereocenters. The average Bonchev–Trinajstić information content (AvgIpc) is 3.22. The van der Waals surface area contributed by atoms with E-state index >= 15 is 0 Å². The van der Waals surface area contributed by atoms with Crippen LogP contribution in [0, 0.1) is 0 Å². The summed E-state index contributed by atoms with van der Waals surface area (Å²) in [6.45, 7) is 0. The molecule has 2 nitrogen and oxygen atoms in total. The zero-order valence-corrected chi connectivity index (χ0v) is 15.8. The van der Waals surface area contributed by atoms with Gasteiger partial charge < -0.3 is 4.98 Å². The molecule has 0 amide bonds. The minimum Gasteiger partial charge on any atom is -0.361 e. The smallest absolute Gasteiger partial charge is 0.0792 e. The maximum atomic E-state index is 4.87. The number of nitrogens with one attached hydrogen (secondary N) is 1. The fraction of sp³-hybridized carbons (Fsp3) is 0. The van der Waals surface area contributed by atoms with Gasteiger partial charge in [0.25, 0.3) is 0 Å². The van der Waals surface area contributed by atoms with Gasteiger partial charge in [0.1, 0.15) is 0 Å². The maximum absolute atomic E-state index is 4.87. The molecule has 0 aliphatic heterocycles. The molecule has 136 valence electrons. The Balaban J connectivity index is 1.78. The quantitative estimate of drug-likeness (QED) is 0.343. The van der Waals surface area contributed by atoms with Crippen molar-refractivity contribution in [3.63, 3.8) is 0 Å². The fourth-order valence-corrected chi connectivity index (χ4v) is 4.36. The molecule has 4 aromatic carbocycles. The van der Waals surface area contributed by atoms with Gasteiger partial charge in [-0.1, -0.05) is 78.9 Å². The van der Waals surface area contributed by atoms with Crippen molar-refractivity contribution < 1.29 is 0 Å². The van der Waals surface area contributed by atoms with Gasteiger partial charge in [0.2, 0.25) is 0 Å². The van der Waals surface area contributed by atoms with E-state index in [1.165, 1.54) is 43.6 Å². The van der Waals surface area contributed by atoms with Gasteiger partial charge in [-0.25, -0.2) is 0 Å². The lowest BCUT2D eigenvalue weighted by molar-refractivity contribution is 1.36. The summed E-state index contributed by atoms with van der Waals surface area (Å²) in [6, 6.07) is 32.0. The van der Waals surface area contributed by atoms with E-state index in [1.54, 1.807) is 0 Å². The summed E-state index contributed by atoms with van der Waals surface area (Å²) in [5.41, 5.74) is 5.76. The number of H-pyrrole nitrogens is 1. The van der Waals surface area contributed by atoms with E-state index in [0.29, 0.717) is 0 Å². The number of fused-ring (bicyclic) bond motifs is 3. The Hall–Kier alpha value is -3.91. The van der Waals surface area contributed by atoms with Crippen LogP contribution in [0.1, 0.15) is 0 Å². The molecule has 0 aliphatic carbocycles. The SMILES string of the molecule is c1ccc2c(-c3c(-c4c[nH]c5ccccc45)ccc4ccccc34)nccc2c1. The van der Waals surface area contributed by atoms with Gasteiger partial charge in [0, 0.05) is 39.8 Å². The van der Waals surface area contributed by atoms with Crippen molar-refractivity contribution in [2.24, 2.45) is 0 Å². The first-order valence-electron chi connectivity index (χ1n) is 9.82. The Morgan fingerprint density at radius 3 is 2.10 bits per heavy atom. The predicted molar refractivity (Wildman–Crippen MR) is 122 cm³/mol. The second-order valence-corrected chi connectivity index (χ2v) is 7.34. The van der Waals surface area contributed by atoms with Crippen LogP contribution < -0.4 is 0 Å². The van der Waals surface area contributed by atoms with Crippen molar-refractivity contribution in [3.05, 3.63) is 103 Å². The molecule has 6 rings (SSSR count). The van der Waals surface area contributed by atoms with Gasteiger partial charge in [-0.2, -0.15) is 0 Å². The topological polar surface area (TPSA) is 28.7 Å². The number of hydrogen-bond donors (Lipinski definition) is 1. The van der Waals surface area contributed by atoms with Crippen LogP contribution in [-0.2, 0) is 0 Å². The summed E-state index contributed by atoms with van der Waals surface area (Å²) in [6.07, 6.45) is 4.03. The Labute approximate surface area is 168 Å². The number of aromatic nitrogens is 2. The standard InChI is InChI=1S/C27H18N2/c1-3-9-20-18(7-1)13-14-23(24-17-29-25-12-6-5-11-22(24)25)26(20)27-21-10-4-2-8-19(21)15-16-28-27/h1-17,29H. The molecular formula is C27H18N2. The third-order valence-electron chi connectivity index (χ3n) is 5.72. The van der Waals surface area contributed by atoms with Crippen molar-refractivity contribution in [1.29, 1.82) is 0 Å². The Morgan fingerprint density at radius 1 is 0.552 bits per heavy atom. The van der Waals surface area contributed by atoms with E-state index in [0.717, 1.165) is 11.2 Å². The van der Waals surface area contributed by atoms with Crippen LogP contribution >= 0.6 is 0 Å². The predicted octanol–water partition coefficient (Wildman–Crippen LogP) is 7.20. The number of pyridine rings is 1. The van der Waals surface area contributed by atoms with Crippen molar-refractivity contribution in [1.82, 2.24) is 9.97 Å². The first-order valence-corrected chi connectivity index (χ1v) is 9.82. The summed E-state index contributed by atoms with van der Waals surface area (Å²) in [7, 11) is 0. The summed E-state index contributed by atoms with van der Waals surface area (Å²) in [5.74, 6) is 0. The van der Waals surface area contributed by atoms with Gasteiger partial charge in [0.15, 0.2) is 0 Å². The first kappa shape index (κ1) is 16.1. The number of benzene rings is 4. The number of para-hydroxylation sites is 1. The summed E-state index contributed by atoms with van der Waals surface area (Å²) in [4.78, 5) is 8.30. The molecule has 29 heavy (non-hydrogen) atoms. The van der Waals surface area contributed by atoms with Crippen molar-refractivity contribution in [3.8, 4) is 22.4 Å². The zero-order valence-electron chi connectivity index (χ0n) is 15.8. The molecule has 0 saturated heterocycles. The molecular weight excluding hydrogens is 352 g/mol. The van der Waals surface area contributed by atoms with Crippen molar-refractivity contribution >= 4 is 32.4 Å². The Morgan fingerprint density at radius 2 is 1.24 bits per heavy atom. The van der Waals surface area contributed by atoms with Crippen LogP contribution in [-0.4, -0.2) is 9.97 Å². The van der Waals surface area contributed by atoms with Crippen LogP contribution in [0.4, 0.5) is 0 Å². The Bertz CT molecular complexity index is 1500. The third-order valence-corrected chi connectivity index (χ3v) is 5.72. The second kappa shape index (κ2) is 6.32. The molecule has 6 aromatic rings. The van der Waals surface area contributed by atoms with Crippen LogP contribution in [0.25, 0.3) is 54.8 Å². The maximum Gasteiger partial charge on any atom is 0.0792 e.